The van der Waals surface area contributed by atoms with E-state index in [-0.39, 0.29) is 17.1 Å². The Labute approximate surface area is 131 Å². The van der Waals surface area contributed by atoms with E-state index in [0.29, 0.717) is 17.5 Å². The highest BCUT2D eigenvalue weighted by Gasteiger charge is 2.43. The standard InChI is InChI=1S/C17H24FN3O/c1-12-10-19-20-15(12)17(2)8-3-9-21(11-17)16(22)13-4-6-14(18)7-5-13/h4-7,12,15,19-20H,3,8-11H2,1-2H3. The topological polar surface area (TPSA) is 44.4 Å². The van der Waals surface area contributed by atoms with E-state index in [0.717, 1.165) is 32.5 Å². The third kappa shape index (κ3) is 2.88. The molecule has 2 aliphatic rings. The van der Waals surface area contributed by atoms with E-state index in [1.807, 2.05) is 4.90 Å². The Balaban J connectivity index is 1.75. The molecule has 2 fully saturated rings. The largest absolute Gasteiger partial charge is 0.338 e. The van der Waals surface area contributed by atoms with Crippen LogP contribution in [0.1, 0.15) is 37.0 Å². The van der Waals surface area contributed by atoms with Crippen LogP contribution in [-0.4, -0.2) is 36.5 Å². The SMILES string of the molecule is CC1CNNC1C1(C)CCCN(C(=O)c2ccc(F)cc2)C1. The van der Waals surface area contributed by atoms with Crippen molar-refractivity contribution in [3.8, 4) is 0 Å². The van der Waals surface area contributed by atoms with E-state index in [9.17, 15) is 9.18 Å². The van der Waals surface area contributed by atoms with Crippen LogP contribution in [0.25, 0.3) is 0 Å². The molecule has 4 nitrogen and oxygen atoms in total. The lowest BCUT2D eigenvalue weighted by molar-refractivity contribution is 0.0416. The Morgan fingerprint density at radius 1 is 1.36 bits per heavy atom. The van der Waals surface area contributed by atoms with Crippen molar-refractivity contribution >= 4 is 5.91 Å². The first-order valence-electron chi connectivity index (χ1n) is 8.03. The van der Waals surface area contributed by atoms with E-state index >= 15 is 0 Å². The average Bonchev–Trinajstić information content (AvgIpc) is 2.94. The minimum atomic E-state index is -0.310. The van der Waals surface area contributed by atoms with E-state index in [2.05, 4.69) is 24.7 Å². The zero-order valence-corrected chi connectivity index (χ0v) is 13.2. The number of likely N-dealkylation sites (tertiary alicyclic amines) is 1. The summed E-state index contributed by atoms with van der Waals surface area (Å²) in [6, 6.07) is 6.21. The van der Waals surface area contributed by atoms with Gasteiger partial charge in [-0.3, -0.25) is 15.6 Å². The predicted molar refractivity (Wildman–Crippen MR) is 83.7 cm³/mol. The molecule has 2 N–H and O–H groups in total. The Kier molecular flexibility index (Phi) is 4.19. The molecule has 0 aromatic heterocycles. The molecule has 2 aliphatic heterocycles. The number of halogens is 1. The maximum atomic E-state index is 13.0. The number of hydrazine groups is 1. The molecule has 120 valence electrons. The summed E-state index contributed by atoms with van der Waals surface area (Å²) < 4.78 is 13.0. The van der Waals surface area contributed by atoms with Gasteiger partial charge in [-0.1, -0.05) is 13.8 Å². The average molecular weight is 305 g/mol. The lowest BCUT2D eigenvalue weighted by Crippen LogP contribution is -2.54. The van der Waals surface area contributed by atoms with Gasteiger partial charge in [-0.15, -0.1) is 0 Å². The van der Waals surface area contributed by atoms with Crippen LogP contribution < -0.4 is 10.9 Å². The van der Waals surface area contributed by atoms with Crippen molar-refractivity contribution in [2.75, 3.05) is 19.6 Å². The van der Waals surface area contributed by atoms with Crippen LogP contribution in [-0.2, 0) is 0 Å². The first-order valence-corrected chi connectivity index (χ1v) is 8.03. The number of piperidine rings is 1. The summed E-state index contributed by atoms with van der Waals surface area (Å²) in [7, 11) is 0. The highest BCUT2D eigenvalue weighted by atomic mass is 19.1. The second-order valence-electron chi connectivity index (χ2n) is 6.97. The number of nitrogens with zero attached hydrogens (tertiary/aromatic N) is 1. The molecule has 22 heavy (non-hydrogen) atoms. The van der Waals surface area contributed by atoms with Crippen molar-refractivity contribution in [1.29, 1.82) is 0 Å². The summed E-state index contributed by atoms with van der Waals surface area (Å²) in [5.41, 5.74) is 7.25. The number of nitrogens with one attached hydrogen (secondary N) is 2. The van der Waals surface area contributed by atoms with Gasteiger partial charge in [-0.25, -0.2) is 4.39 Å². The molecule has 1 aromatic rings. The summed E-state index contributed by atoms with van der Waals surface area (Å²) in [4.78, 5) is 14.6. The lowest BCUT2D eigenvalue weighted by atomic mass is 9.72. The fraction of sp³-hybridized carbons (Fsp3) is 0.588. The van der Waals surface area contributed by atoms with E-state index < -0.39 is 0 Å². The Morgan fingerprint density at radius 2 is 2.09 bits per heavy atom. The summed E-state index contributed by atoms with van der Waals surface area (Å²) in [6.45, 7) is 6.99. The predicted octanol–water partition coefficient (Wildman–Crippen LogP) is 2.18. The molecule has 0 saturated carbocycles. The van der Waals surface area contributed by atoms with Crippen LogP contribution in [0.5, 0.6) is 0 Å². The first kappa shape index (κ1) is 15.4. The molecule has 2 saturated heterocycles. The van der Waals surface area contributed by atoms with E-state index in [4.69, 9.17) is 0 Å². The molecule has 2 heterocycles. The molecule has 5 heteroatoms. The Hall–Kier alpha value is -1.46. The molecule has 0 radical (unpaired) electrons. The number of rotatable bonds is 2. The number of amides is 1. The molecule has 3 rings (SSSR count). The molecule has 0 bridgehead atoms. The monoisotopic (exact) mass is 305 g/mol. The summed E-state index contributed by atoms with van der Waals surface area (Å²) in [5, 5.41) is 0. The molecular formula is C17H24FN3O. The van der Waals surface area contributed by atoms with Gasteiger partial charge < -0.3 is 4.90 Å². The number of carbonyl (C=O) groups is 1. The van der Waals surface area contributed by atoms with Crippen LogP contribution in [0.3, 0.4) is 0 Å². The fourth-order valence-electron chi connectivity index (χ4n) is 3.92. The van der Waals surface area contributed by atoms with Crippen molar-refractivity contribution in [2.24, 2.45) is 11.3 Å². The van der Waals surface area contributed by atoms with Gasteiger partial charge in [-0.05, 0) is 43.0 Å². The van der Waals surface area contributed by atoms with Crippen LogP contribution in [0.2, 0.25) is 0 Å². The number of hydrogen-bond donors (Lipinski definition) is 2. The fourth-order valence-corrected chi connectivity index (χ4v) is 3.92. The van der Waals surface area contributed by atoms with Crippen LogP contribution >= 0.6 is 0 Å². The highest BCUT2D eigenvalue weighted by molar-refractivity contribution is 5.94. The third-order valence-electron chi connectivity index (χ3n) is 5.11. The second kappa shape index (κ2) is 5.97. The summed E-state index contributed by atoms with van der Waals surface area (Å²) in [6.07, 6.45) is 2.12. The van der Waals surface area contributed by atoms with Gasteiger partial charge >= 0.3 is 0 Å². The van der Waals surface area contributed by atoms with Crippen LogP contribution in [0.15, 0.2) is 24.3 Å². The lowest BCUT2D eigenvalue weighted by Gasteiger charge is -2.45. The van der Waals surface area contributed by atoms with Crippen LogP contribution in [0, 0.1) is 17.2 Å². The van der Waals surface area contributed by atoms with Crippen molar-refractivity contribution in [3.63, 3.8) is 0 Å². The molecule has 0 aliphatic carbocycles. The zero-order chi connectivity index (χ0) is 15.7. The summed E-state index contributed by atoms with van der Waals surface area (Å²) >= 11 is 0. The van der Waals surface area contributed by atoms with E-state index in [1.165, 1.54) is 12.1 Å². The minimum Gasteiger partial charge on any atom is -0.338 e. The van der Waals surface area contributed by atoms with Crippen LogP contribution in [0.4, 0.5) is 4.39 Å². The highest BCUT2D eigenvalue weighted by Crippen LogP contribution is 2.37. The zero-order valence-electron chi connectivity index (χ0n) is 13.2. The normalized spacial score (nSPS) is 32.2. The quantitative estimate of drug-likeness (QED) is 0.880. The van der Waals surface area contributed by atoms with Crippen molar-refractivity contribution in [2.45, 2.75) is 32.7 Å². The van der Waals surface area contributed by atoms with Gasteiger partial charge in [0.05, 0.1) is 0 Å². The van der Waals surface area contributed by atoms with Gasteiger partial charge in [0.2, 0.25) is 0 Å². The second-order valence-corrected chi connectivity index (χ2v) is 6.97. The molecular weight excluding hydrogens is 281 g/mol. The third-order valence-corrected chi connectivity index (χ3v) is 5.11. The smallest absolute Gasteiger partial charge is 0.253 e. The van der Waals surface area contributed by atoms with Crippen molar-refractivity contribution in [1.82, 2.24) is 15.8 Å². The molecule has 3 atom stereocenters. The maximum Gasteiger partial charge on any atom is 0.253 e. The van der Waals surface area contributed by atoms with Gasteiger partial charge in [0, 0.05) is 36.7 Å². The molecule has 1 aromatic carbocycles. The van der Waals surface area contributed by atoms with Gasteiger partial charge in [0.25, 0.3) is 5.91 Å². The Morgan fingerprint density at radius 3 is 2.73 bits per heavy atom. The molecule has 1 amide bonds. The number of benzene rings is 1. The molecule has 3 unspecified atom stereocenters. The van der Waals surface area contributed by atoms with Gasteiger partial charge in [0.1, 0.15) is 5.82 Å². The first-order chi connectivity index (χ1) is 10.5. The molecule has 0 spiro atoms. The van der Waals surface area contributed by atoms with E-state index in [1.54, 1.807) is 12.1 Å². The minimum absolute atomic E-state index is 0.00420. The number of hydrogen-bond acceptors (Lipinski definition) is 3. The van der Waals surface area contributed by atoms with Gasteiger partial charge in [-0.2, -0.15) is 0 Å². The summed E-state index contributed by atoms with van der Waals surface area (Å²) in [5.74, 6) is 0.241. The van der Waals surface area contributed by atoms with Crippen molar-refractivity contribution in [3.05, 3.63) is 35.6 Å². The number of carbonyl (C=O) groups excluding carboxylic acids is 1. The van der Waals surface area contributed by atoms with Gasteiger partial charge in [0.15, 0.2) is 0 Å². The Bertz CT molecular complexity index is 547. The van der Waals surface area contributed by atoms with Crippen molar-refractivity contribution < 1.29 is 9.18 Å². The maximum absolute atomic E-state index is 13.0.